The largest absolute Gasteiger partial charge is 0.344 e. The minimum absolute atomic E-state index is 0.0247. The number of likely N-dealkylation sites (tertiary alicyclic amines) is 1. The molecule has 0 radical (unpaired) electrons. The summed E-state index contributed by atoms with van der Waals surface area (Å²) in [6.45, 7) is 6.84. The van der Waals surface area contributed by atoms with E-state index in [2.05, 4.69) is 0 Å². The van der Waals surface area contributed by atoms with Crippen LogP contribution in [0, 0.1) is 5.92 Å². The Morgan fingerprint density at radius 2 is 2.00 bits per heavy atom. The molecule has 1 aliphatic rings. The average molecular weight is 269 g/mol. The van der Waals surface area contributed by atoms with Crippen molar-refractivity contribution in [2.75, 3.05) is 20.1 Å². The highest BCUT2D eigenvalue weighted by atomic mass is 16.2. The van der Waals surface area contributed by atoms with Crippen molar-refractivity contribution in [3.63, 3.8) is 0 Å². The molecule has 0 bridgehead atoms. The number of nitrogens with two attached hydrogens (primary N) is 1. The average Bonchev–Trinajstić information content (AvgIpc) is 2.37. The molecule has 5 heteroatoms. The molecule has 0 spiro atoms. The van der Waals surface area contributed by atoms with Crippen LogP contribution in [0.15, 0.2) is 0 Å². The number of amides is 2. The molecule has 2 atom stereocenters. The van der Waals surface area contributed by atoms with Gasteiger partial charge < -0.3 is 15.5 Å². The van der Waals surface area contributed by atoms with Crippen LogP contribution in [0.4, 0.5) is 0 Å². The zero-order valence-corrected chi connectivity index (χ0v) is 12.6. The quantitative estimate of drug-likeness (QED) is 0.822. The third kappa shape index (κ3) is 4.20. The maximum absolute atomic E-state index is 12.4. The van der Waals surface area contributed by atoms with E-state index in [0.717, 1.165) is 25.8 Å². The zero-order valence-electron chi connectivity index (χ0n) is 12.6. The van der Waals surface area contributed by atoms with Gasteiger partial charge in [0, 0.05) is 33.1 Å². The molecule has 0 aliphatic carbocycles. The van der Waals surface area contributed by atoms with Crippen LogP contribution in [-0.2, 0) is 9.59 Å². The van der Waals surface area contributed by atoms with Crippen LogP contribution in [0.5, 0.6) is 0 Å². The predicted molar refractivity (Wildman–Crippen MR) is 75.5 cm³/mol. The molecule has 5 nitrogen and oxygen atoms in total. The Morgan fingerprint density at radius 1 is 1.37 bits per heavy atom. The first-order valence-corrected chi connectivity index (χ1v) is 7.12. The van der Waals surface area contributed by atoms with Crippen molar-refractivity contribution in [2.45, 2.75) is 52.1 Å². The standard InChI is InChI=1S/C14H27N3O2/c1-10(2)13(15)14(19)17-8-6-5-7-12(17)9-16(4)11(3)18/h10,12-13H,5-9,15H2,1-4H3. The van der Waals surface area contributed by atoms with Crippen LogP contribution >= 0.6 is 0 Å². The highest BCUT2D eigenvalue weighted by molar-refractivity contribution is 5.82. The van der Waals surface area contributed by atoms with Crippen molar-refractivity contribution < 1.29 is 9.59 Å². The Labute approximate surface area is 116 Å². The first-order valence-electron chi connectivity index (χ1n) is 7.12. The normalized spacial score (nSPS) is 21.4. The first kappa shape index (κ1) is 16.0. The van der Waals surface area contributed by atoms with Gasteiger partial charge in [-0.15, -0.1) is 0 Å². The smallest absolute Gasteiger partial charge is 0.240 e. The minimum Gasteiger partial charge on any atom is -0.344 e. The summed E-state index contributed by atoms with van der Waals surface area (Å²) in [6, 6.07) is -0.330. The molecule has 1 aliphatic heterocycles. The van der Waals surface area contributed by atoms with Crippen LogP contribution < -0.4 is 5.73 Å². The van der Waals surface area contributed by atoms with E-state index in [1.54, 1.807) is 18.9 Å². The molecule has 2 N–H and O–H groups in total. The highest BCUT2D eigenvalue weighted by Gasteiger charge is 2.31. The number of piperidine rings is 1. The van der Waals surface area contributed by atoms with Gasteiger partial charge in [0.25, 0.3) is 0 Å². The van der Waals surface area contributed by atoms with Crippen LogP contribution in [0.3, 0.4) is 0 Å². The number of hydrogen-bond donors (Lipinski definition) is 1. The second-order valence-electron chi connectivity index (χ2n) is 5.85. The van der Waals surface area contributed by atoms with Gasteiger partial charge in [-0.3, -0.25) is 9.59 Å². The Hall–Kier alpha value is -1.10. The van der Waals surface area contributed by atoms with E-state index in [-0.39, 0.29) is 23.8 Å². The maximum atomic E-state index is 12.4. The van der Waals surface area contributed by atoms with Gasteiger partial charge in [0.2, 0.25) is 11.8 Å². The van der Waals surface area contributed by atoms with Gasteiger partial charge in [-0.05, 0) is 25.2 Å². The van der Waals surface area contributed by atoms with E-state index in [1.807, 2.05) is 18.7 Å². The molecular weight excluding hydrogens is 242 g/mol. The SMILES string of the molecule is CC(=O)N(C)CC1CCCCN1C(=O)C(N)C(C)C. The second kappa shape index (κ2) is 6.89. The van der Waals surface area contributed by atoms with E-state index in [4.69, 9.17) is 5.73 Å². The van der Waals surface area contributed by atoms with Gasteiger partial charge >= 0.3 is 0 Å². The van der Waals surface area contributed by atoms with Gasteiger partial charge in [-0.1, -0.05) is 13.8 Å². The van der Waals surface area contributed by atoms with E-state index < -0.39 is 6.04 Å². The summed E-state index contributed by atoms with van der Waals surface area (Å²) in [4.78, 5) is 27.3. The van der Waals surface area contributed by atoms with Crippen LogP contribution in [0.25, 0.3) is 0 Å². The van der Waals surface area contributed by atoms with Gasteiger partial charge in [-0.2, -0.15) is 0 Å². The molecule has 19 heavy (non-hydrogen) atoms. The summed E-state index contributed by atoms with van der Waals surface area (Å²) in [5, 5.41) is 0. The number of likely N-dealkylation sites (N-methyl/N-ethyl adjacent to an activating group) is 1. The predicted octanol–water partition coefficient (Wildman–Crippen LogP) is 0.829. The second-order valence-corrected chi connectivity index (χ2v) is 5.85. The molecule has 1 rings (SSSR count). The molecule has 110 valence electrons. The molecule has 2 amide bonds. The minimum atomic E-state index is -0.441. The number of hydrogen-bond acceptors (Lipinski definition) is 3. The number of carbonyl (C=O) groups excluding carboxylic acids is 2. The lowest BCUT2D eigenvalue weighted by Crippen LogP contribution is -2.55. The molecule has 0 aromatic carbocycles. The Balaban J connectivity index is 2.72. The Morgan fingerprint density at radius 3 is 2.53 bits per heavy atom. The van der Waals surface area contributed by atoms with Crippen molar-refractivity contribution in [1.82, 2.24) is 9.80 Å². The molecule has 0 aromatic rings. The van der Waals surface area contributed by atoms with Gasteiger partial charge in [0.1, 0.15) is 0 Å². The molecule has 0 saturated carbocycles. The monoisotopic (exact) mass is 269 g/mol. The molecule has 1 heterocycles. The van der Waals surface area contributed by atoms with Gasteiger partial charge in [0.05, 0.1) is 6.04 Å². The lowest BCUT2D eigenvalue weighted by molar-refractivity contribution is -0.139. The summed E-state index contributed by atoms with van der Waals surface area (Å²) in [7, 11) is 1.78. The number of nitrogens with zero attached hydrogens (tertiary/aromatic N) is 2. The lowest BCUT2D eigenvalue weighted by Gasteiger charge is -2.39. The Kier molecular flexibility index (Phi) is 5.79. The number of rotatable bonds is 4. The molecular formula is C14H27N3O2. The van der Waals surface area contributed by atoms with Crippen LogP contribution in [-0.4, -0.2) is 53.8 Å². The van der Waals surface area contributed by atoms with E-state index in [0.29, 0.717) is 6.54 Å². The Bertz CT molecular complexity index is 331. The van der Waals surface area contributed by atoms with E-state index in [9.17, 15) is 9.59 Å². The van der Waals surface area contributed by atoms with Crippen molar-refractivity contribution in [3.8, 4) is 0 Å². The summed E-state index contributed by atoms with van der Waals surface area (Å²) < 4.78 is 0. The summed E-state index contributed by atoms with van der Waals surface area (Å²) >= 11 is 0. The molecule has 1 saturated heterocycles. The number of carbonyl (C=O) groups is 2. The molecule has 0 aromatic heterocycles. The van der Waals surface area contributed by atoms with Crippen LogP contribution in [0.1, 0.15) is 40.0 Å². The van der Waals surface area contributed by atoms with E-state index in [1.165, 1.54) is 0 Å². The fourth-order valence-electron chi connectivity index (χ4n) is 2.40. The van der Waals surface area contributed by atoms with Gasteiger partial charge in [-0.25, -0.2) is 0 Å². The van der Waals surface area contributed by atoms with Crippen molar-refractivity contribution >= 4 is 11.8 Å². The van der Waals surface area contributed by atoms with Crippen molar-refractivity contribution in [2.24, 2.45) is 11.7 Å². The molecule has 2 unspecified atom stereocenters. The highest BCUT2D eigenvalue weighted by Crippen LogP contribution is 2.19. The van der Waals surface area contributed by atoms with Crippen molar-refractivity contribution in [3.05, 3.63) is 0 Å². The zero-order chi connectivity index (χ0) is 14.6. The third-order valence-corrected chi connectivity index (χ3v) is 3.94. The first-order chi connectivity index (χ1) is 8.84. The topological polar surface area (TPSA) is 66.6 Å². The fourth-order valence-corrected chi connectivity index (χ4v) is 2.40. The summed E-state index contributed by atoms with van der Waals surface area (Å²) in [5.74, 6) is 0.198. The van der Waals surface area contributed by atoms with Crippen molar-refractivity contribution in [1.29, 1.82) is 0 Å². The summed E-state index contributed by atoms with van der Waals surface area (Å²) in [6.07, 6.45) is 3.09. The van der Waals surface area contributed by atoms with Gasteiger partial charge in [0.15, 0.2) is 0 Å². The van der Waals surface area contributed by atoms with Crippen LogP contribution in [0.2, 0.25) is 0 Å². The molecule has 1 fully saturated rings. The lowest BCUT2D eigenvalue weighted by atomic mass is 9.97. The maximum Gasteiger partial charge on any atom is 0.240 e. The summed E-state index contributed by atoms with van der Waals surface area (Å²) in [5.41, 5.74) is 5.97. The fraction of sp³-hybridized carbons (Fsp3) is 0.857. The third-order valence-electron chi connectivity index (χ3n) is 3.94. The van der Waals surface area contributed by atoms with E-state index >= 15 is 0 Å².